The Morgan fingerprint density at radius 2 is 1.56 bits per heavy atom. The van der Waals surface area contributed by atoms with Crippen LogP contribution in [0.1, 0.15) is 133 Å². The molecule has 6 atom stereocenters. The zero-order valence-corrected chi connectivity index (χ0v) is 40.7. The fourth-order valence-electron chi connectivity index (χ4n) is 10.3. The summed E-state index contributed by atoms with van der Waals surface area (Å²) < 4.78 is 27.0. The number of amides is 1. The molecule has 6 rings (SSSR count). The number of nitrogens with zero attached hydrogens (tertiary/aromatic N) is 2. The van der Waals surface area contributed by atoms with Gasteiger partial charge in [-0.2, -0.15) is 0 Å². The third-order valence-electron chi connectivity index (χ3n) is 13.7. The highest BCUT2D eigenvalue weighted by Gasteiger charge is 2.65. The number of benzene rings is 3. The Morgan fingerprint density at radius 3 is 2.24 bits per heavy atom. The lowest BCUT2D eigenvalue weighted by atomic mass is 9.55. The van der Waals surface area contributed by atoms with Gasteiger partial charge < -0.3 is 38.9 Å². The molecule has 1 fully saturated rings. The first-order chi connectivity index (χ1) is 32.4. The van der Waals surface area contributed by atoms with E-state index in [4.69, 9.17) is 28.9 Å². The van der Waals surface area contributed by atoms with Crippen LogP contribution in [-0.2, 0) is 20.9 Å². The number of aliphatic hydroxyl groups excluding tert-OH is 2. The van der Waals surface area contributed by atoms with Gasteiger partial charge in [-0.05, 0) is 104 Å². The van der Waals surface area contributed by atoms with Crippen LogP contribution in [0.25, 0.3) is 0 Å². The fourth-order valence-corrected chi connectivity index (χ4v) is 10.7. The second-order valence-corrected chi connectivity index (χ2v) is 19.1. The number of hydrogen-bond donors (Lipinski definition) is 2. The van der Waals surface area contributed by atoms with Crippen LogP contribution in [0.2, 0.25) is 0 Å². The number of fused-ring (bicyclic) bond motifs is 2. The molecule has 3 aromatic rings. The molecule has 1 amide bonds. The summed E-state index contributed by atoms with van der Waals surface area (Å²) in [5.41, 5.74) is 3.72. The van der Waals surface area contributed by atoms with E-state index in [-0.39, 0.29) is 44.2 Å². The zero-order chi connectivity index (χ0) is 46.6. The molecule has 1 aliphatic heterocycles. The molecular formula is C55H76N2O8S. The number of aliphatic hydroxyl groups is 2. The Bertz CT molecular complexity index is 1990. The van der Waals surface area contributed by atoms with Gasteiger partial charge in [0.15, 0.2) is 0 Å². The number of carbonyl (C=O) groups excluding carboxylic acids is 1. The zero-order valence-electron chi connectivity index (χ0n) is 39.9. The standard InChI is InChI=1S/C55H76N2O8S/c1-5-7-8-9-10-11-12-13-14-22-36-61-54(60)57(3)51-39-49(56-63-40-41-23-16-15-17-24-41)47-37-42(25-18-20-33-58)46(26-19-21-34-59)52-48-38-44(64-43-27-30-45(66-4)31-28-43)29-32-50(48)65-55(51,53(47)52)62-35-6-2/h6,15-17,23-24,27-32,37-38,42,46,51-53,58-59H,2,5,7-14,18-22,25-26,33-36,39-40H2,1,3-4H3. The summed E-state index contributed by atoms with van der Waals surface area (Å²) in [5, 5.41) is 24.9. The van der Waals surface area contributed by atoms with E-state index in [2.05, 4.69) is 44.0 Å². The van der Waals surface area contributed by atoms with Crippen molar-refractivity contribution in [3.05, 3.63) is 108 Å². The molecule has 11 heteroatoms. The Labute approximate surface area is 399 Å². The number of thioether (sulfide) groups is 1. The van der Waals surface area contributed by atoms with Gasteiger partial charge in [0, 0.05) is 43.1 Å². The number of ether oxygens (including phenoxy) is 4. The Kier molecular flexibility index (Phi) is 20.8. The van der Waals surface area contributed by atoms with Gasteiger partial charge in [-0.1, -0.05) is 125 Å². The number of hydrogen-bond acceptors (Lipinski definition) is 10. The summed E-state index contributed by atoms with van der Waals surface area (Å²) in [6.07, 6.45) is 22.7. The number of likely N-dealkylation sites (N-methyl/N-ethyl adjacent to an activating group) is 1. The summed E-state index contributed by atoms with van der Waals surface area (Å²) in [6.45, 7) is 7.34. The quantitative estimate of drug-likeness (QED) is 0.0303. The van der Waals surface area contributed by atoms with Crippen molar-refractivity contribution >= 4 is 23.6 Å². The van der Waals surface area contributed by atoms with Crippen molar-refractivity contribution in [1.29, 1.82) is 0 Å². The lowest BCUT2D eigenvalue weighted by Crippen LogP contribution is -2.69. The largest absolute Gasteiger partial charge is 0.459 e. The molecule has 0 spiro atoms. The smallest absolute Gasteiger partial charge is 0.409 e. The van der Waals surface area contributed by atoms with Crippen LogP contribution >= 0.6 is 11.8 Å². The second kappa shape index (κ2) is 26.9. The predicted molar refractivity (Wildman–Crippen MR) is 265 cm³/mol. The minimum atomic E-state index is -1.36. The maximum absolute atomic E-state index is 14.3. The number of rotatable bonds is 29. The van der Waals surface area contributed by atoms with E-state index in [1.54, 1.807) is 29.8 Å². The van der Waals surface area contributed by atoms with Crippen LogP contribution in [0.3, 0.4) is 0 Å². The van der Waals surface area contributed by atoms with Crippen LogP contribution in [0.5, 0.6) is 17.2 Å². The van der Waals surface area contributed by atoms with E-state index in [9.17, 15) is 15.0 Å². The van der Waals surface area contributed by atoms with E-state index in [1.807, 2.05) is 54.6 Å². The summed E-state index contributed by atoms with van der Waals surface area (Å²) in [7, 11) is 1.79. The first kappa shape index (κ1) is 51.1. The number of oxime groups is 1. The highest BCUT2D eigenvalue weighted by molar-refractivity contribution is 7.98. The van der Waals surface area contributed by atoms with Gasteiger partial charge in [0.1, 0.15) is 29.9 Å². The lowest BCUT2D eigenvalue weighted by Gasteiger charge is -2.59. The van der Waals surface area contributed by atoms with Gasteiger partial charge in [-0.3, -0.25) is 0 Å². The second-order valence-electron chi connectivity index (χ2n) is 18.2. The van der Waals surface area contributed by atoms with Crippen LogP contribution in [0.4, 0.5) is 4.79 Å². The Balaban J connectivity index is 1.39. The van der Waals surface area contributed by atoms with Gasteiger partial charge in [0.25, 0.3) is 0 Å². The van der Waals surface area contributed by atoms with Crippen LogP contribution < -0.4 is 9.47 Å². The number of allylic oxidation sites excluding steroid dienone is 1. The average Bonchev–Trinajstić information content (AvgIpc) is 3.34. The molecule has 6 unspecified atom stereocenters. The molecule has 66 heavy (non-hydrogen) atoms. The van der Waals surface area contributed by atoms with Crippen molar-refractivity contribution < 1.29 is 38.8 Å². The normalized spacial score (nSPS) is 22.4. The first-order valence-electron chi connectivity index (χ1n) is 24.8. The number of carbonyl (C=O) groups is 1. The topological polar surface area (TPSA) is 119 Å². The third kappa shape index (κ3) is 13.4. The molecule has 360 valence electrons. The molecule has 1 heterocycles. The van der Waals surface area contributed by atoms with Crippen molar-refractivity contribution in [2.24, 2.45) is 22.9 Å². The first-order valence-corrected chi connectivity index (χ1v) is 26.1. The van der Waals surface area contributed by atoms with E-state index >= 15 is 0 Å². The summed E-state index contributed by atoms with van der Waals surface area (Å²) in [4.78, 5) is 23.3. The number of unbranched alkanes of at least 4 members (excludes halogenated alkanes) is 11. The van der Waals surface area contributed by atoms with Gasteiger partial charge in [0.05, 0.1) is 24.8 Å². The molecule has 3 aliphatic rings. The lowest BCUT2D eigenvalue weighted by molar-refractivity contribution is -0.253. The molecule has 10 nitrogen and oxygen atoms in total. The molecule has 0 aromatic heterocycles. The molecule has 0 saturated heterocycles. The van der Waals surface area contributed by atoms with E-state index in [1.165, 1.54) is 44.9 Å². The van der Waals surface area contributed by atoms with Crippen LogP contribution in [0, 0.1) is 17.8 Å². The van der Waals surface area contributed by atoms with Gasteiger partial charge in [-0.15, -0.1) is 18.3 Å². The molecule has 1 saturated carbocycles. The maximum Gasteiger partial charge on any atom is 0.409 e. The van der Waals surface area contributed by atoms with Crippen molar-refractivity contribution in [3.8, 4) is 17.2 Å². The molecular weight excluding hydrogens is 849 g/mol. The van der Waals surface area contributed by atoms with Crippen LogP contribution in [-0.4, -0.2) is 78.5 Å². The van der Waals surface area contributed by atoms with E-state index in [0.717, 1.165) is 78.0 Å². The molecule has 2 aliphatic carbocycles. The summed E-state index contributed by atoms with van der Waals surface area (Å²) >= 11 is 1.68. The molecule has 0 bridgehead atoms. The minimum absolute atomic E-state index is 0.0910. The maximum atomic E-state index is 14.3. The van der Waals surface area contributed by atoms with Crippen molar-refractivity contribution in [3.63, 3.8) is 0 Å². The molecule has 0 radical (unpaired) electrons. The van der Waals surface area contributed by atoms with Crippen molar-refractivity contribution in [1.82, 2.24) is 4.90 Å². The highest BCUT2D eigenvalue weighted by Crippen LogP contribution is 2.62. The third-order valence-corrected chi connectivity index (χ3v) is 14.4. The molecule has 2 N–H and O–H groups in total. The highest BCUT2D eigenvalue weighted by atomic mass is 32.2. The SMILES string of the molecule is C=CCOC12Oc3ccc(Oc4ccc(SC)cc4)cc3C3C(CCCCO)C(CCCCO)C=C(C(=NOCc4ccccc4)CC1N(C)C(=O)OCCCCCCCCCCCC)C32. The fraction of sp³-hybridized carbons (Fsp3) is 0.564. The van der Waals surface area contributed by atoms with E-state index < -0.39 is 23.8 Å². The van der Waals surface area contributed by atoms with Gasteiger partial charge >= 0.3 is 6.09 Å². The van der Waals surface area contributed by atoms with E-state index in [0.29, 0.717) is 37.4 Å². The monoisotopic (exact) mass is 925 g/mol. The minimum Gasteiger partial charge on any atom is -0.459 e. The van der Waals surface area contributed by atoms with Crippen LogP contribution in [0.15, 0.2) is 107 Å². The van der Waals surface area contributed by atoms with Gasteiger partial charge in [-0.25, -0.2) is 4.79 Å². The van der Waals surface area contributed by atoms with Crippen molar-refractivity contribution in [2.75, 3.05) is 39.7 Å². The van der Waals surface area contributed by atoms with Gasteiger partial charge in [0.2, 0.25) is 5.79 Å². The Morgan fingerprint density at radius 1 is 0.879 bits per heavy atom. The average molecular weight is 925 g/mol. The molecule has 3 aromatic carbocycles. The summed E-state index contributed by atoms with van der Waals surface area (Å²) in [5.74, 6) is 0.344. The van der Waals surface area contributed by atoms with Crippen molar-refractivity contribution in [2.45, 2.75) is 145 Å². The predicted octanol–water partition coefficient (Wildman–Crippen LogP) is 13.0. The summed E-state index contributed by atoms with van der Waals surface area (Å²) in [6, 6.07) is 23.4. The Hall–Kier alpha value is -4.29.